The number of hydrogen-bond donors (Lipinski definition) is 2. The van der Waals surface area contributed by atoms with Crippen LogP contribution in [-0.2, 0) is 11.2 Å². The third-order valence-corrected chi connectivity index (χ3v) is 7.29. The predicted octanol–water partition coefficient (Wildman–Crippen LogP) is 4.83. The molecule has 4 nitrogen and oxygen atoms in total. The molecule has 0 aromatic heterocycles. The molecular formula is C28H41NO3. The molecule has 32 heavy (non-hydrogen) atoms. The number of allylic oxidation sites excluding steroid dienone is 2. The number of aliphatic hydroxyl groups is 2. The van der Waals surface area contributed by atoms with Gasteiger partial charge in [0, 0.05) is 31.8 Å². The minimum absolute atomic E-state index is 0.116. The molecule has 3 rings (SSSR count). The maximum atomic E-state index is 12.2. The van der Waals surface area contributed by atoms with Gasteiger partial charge in [-0.25, -0.2) is 0 Å². The normalized spacial score (nSPS) is 25.7. The van der Waals surface area contributed by atoms with Crippen molar-refractivity contribution >= 4 is 5.91 Å². The standard InChI is InChI=1S/C28H41NO3/c1-4-29(5-2)28(32)12-7-6-10-22-16-23-19-27(31)25(26(23)18-22)14-13-24(30)17-21-11-8-9-20(3)15-21/h8-9,11,13-16,23-27,30-31H,4-7,10,12,17-19H2,1-3H3/t23-,24-,25+,26-,27+/m0/s1. The van der Waals surface area contributed by atoms with Crippen molar-refractivity contribution in [1.82, 2.24) is 4.90 Å². The van der Waals surface area contributed by atoms with Crippen LogP contribution in [0.4, 0.5) is 0 Å². The van der Waals surface area contributed by atoms with Gasteiger partial charge in [-0.3, -0.25) is 4.79 Å². The zero-order valence-electron chi connectivity index (χ0n) is 20.0. The molecule has 1 aromatic rings. The summed E-state index contributed by atoms with van der Waals surface area (Å²) in [5.41, 5.74) is 3.83. The molecule has 0 radical (unpaired) electrons. The van der Waals surface area contributed by atoms with E-state index in [0.29, 0.717) is 24.7 Å². The number of hydrogen-bond acceptors (Lipinski definition) is 3. The van der Waals surface area contributed by atoms with Crippen molar-refractivity contribution in [3.05, 3.63) is 59.2 Å². The number of aryl methyl sites for hydroxylation is 1. The van der Waals surface area contributed by atoms with Crippen LogP contribution in [0.25, 0.3) is 0 Å². The van der Waals surface area contributed by atoms with Gasteiger partial charge in [-0.15, -0.1) is 0 Å². The second kappa shape index (κ2) is 11.8. The molecule has 4 heteroatoms. The Bertz CT molecular complexity index is 811. The Hall–Kier alpha value is -1.91. The molecule has 1 amide bonds. The first kappa shape index (κ1) is 24.7. The average Bonchev–Trinajstić information content (AvgIpc) is 3.27. The van der Waals surface area contributed by atoms with Crippen LogP contribution in [0.5, 0.6) is 0 Å². The zero-order chi connectivity index (χ0) is 23.1. The van der Waals surface area contributed by atoms with Crippen molar-refractivity contribution in [2.75, 3.05) is 13.1 Å². The van der Waals surface area contributed by atoms with Crippen LogP contribution in [0.1, 0.15) is 63.5 Å². The van der Waals surface area contributed by atoms with E-state index in [1.54, 1.807) is 0 Å². The highest BCUT2D eigenvalue weighted by molar-refractivity contribution is 5.76. The fourth-order valence-corrected chi connectivity index (χ4v) is 5.56. The number of carbonyl (C=O) groups is 1. The fraction of sp³-hybridized carbons (Fsp3) is 0.607. The lowest BCUT2D eigenvalue weighted by molar-refractivity contribution is -0.130. The first-order valence-electron chi connectivity index (χ1n) is 12.5. The molecule has 0 unspecified atom stereocenters. The molecule has 5 atom stereocenters. The summed E-state index contributed by atoms with van der Waals surface area (Å²) in [6.45, 7) is 7.71. The maximum absolute atomic E-state index is 12.2. The van der Waals surface area contributed by atoms with E-state index in [-0.39, 0.29) is 17.9 Å². The largest absolute Gasteiger partial charge is 0.392 e. The minimum Gasteiger partial charge on any atom is -0.392 e. The van der Waals surface area contributed by atoms with Crippen molar-refractivity contribution < 1.29 is 15.0 Å². The van der Waals surface area contributed by atoms with E-state index in [1.165, 1.54) is 11.1 Å². The molecule has 2 aliphatic rings. The van der Waals surface area contributed by atoms with Crippen molar-refractivity contribution in [3.8, 4) is 0 Å². The van der Waals surface area contributed by atoms with E-state index in [2.05, 4.69) is 31.2 Å². The highest BCUT2D eigenvalue weighted by Crippen LogP contribution is 2.48. The van der Waals surface area contributed by atoms with Gasteiger partial charge in [-0.05, 0) is 70.3 Å². The molecule has 176 valence electrons. The number of nitrogens with zero attached hydrogens (tertiary/aromatic N) is 1. The summed E-state index contributed by atoms with van der Waals surface area (Å²) in [5.74, 6) is 1.27. The van der Waals surface area contributed by atoms with Gasteiger partial charge in [0.25, 0.3) is 0 Å². The van der Waals surface area contributed by atoms with Crippen LogP contribution in [0, 0.1) is 24.7 Å². The Labute approximate surface area is 194 Å². The molecule has 1 aromatic carbocycles. The molecule has 0 spiro atoms. The number of amides is 1. The van der Waals surface area contributed by atoms with Gasteiger partial charge in [0.1, 0.15) is 0 Å². The van der Waals surface area contributed by atoms with E-state index < -0.39 is 6.10 Å². The zero-order valence-corrected chi connectivity index (χ0v) is 20.0. The Kier molecular flexibility index (Phi) is 9.12. The molecule has 1 fully saturated rings. The second-order valence-corrected chi connectivity index (χ2v) is 9.66. The topological polar surface area (TPSA) is 60.8 Å². The molecule has 0 bridgehead atoms. The van der Waals surface area contributed by atoms with Gasteiger partial charge in [-0.2, -0.15) is 0 Å². The van der Waals surface area contributed by atoms with Gasteiger partial charge in [0.2, 0.25) is 5.91 Å². The number of aliphatic hydroxyl groups excluding tert-OH is 2. The van der Waals surface area contributed by atoms with Crippen LogP contribution >= 0.6 is 0 Å². The smallest absolute Gasteiger partial charge is 0.222 e. The summed E-state index contributed by atoms with van der Waals surface area (Å²) >= 11 is 0. The number of carbonyl (C=O) groups excluding carboxylic acids is 1. The summed E-state index contributed by atoms with van der Waals surface area (Å²) in [6, 6.07) is 8.25. The van der Waals surface area contributed by atoms with E-state index in [0.717, 1.165) is 50.8 Å². The molecule has 2 aliphatic carbocycles. The minimum atomic E-state index is -0.528. The predicted molar refractivity (Wildman–Crippen MR) is 130 cm³/mol. The highest BCUT2D eigenvalue weighted by Gasteiger charge is 2.43. The van der Waals surface area contributed by atoms with Gasteiger partial charge >= 0.3 is 0 Å². The third kappa shape index (κ3) is 6.55. The summed E-state index contributed by atoms with van der Waals surface area (Å²) in [5, 5.41) is 21.1. The van der Waals surface area contributed by atoms with E-state index in [9.17, 15) is 15.0 Å². The van der Waals surface area contributed by atoms with Crippen LogP contribution in [0.3, 0.4) is 0 Å². The number of rotatable bonds is 11. The quantitative estimate of drug-likeness (QED) is 0.384. The second-order valence-electron chi connectivity index (χ2n) is 9.66. The molecule has 2 N–H and O–H groups in total. The average molecular weight is 440 g/mol. The lowest BCUT2D eigenvalue weighted by Crippen LogP contribution is -2.30. The van der Waals surface area contributed by atoms with Gasteiger partial charge in [0.05, 0.1) is 12.2 Å². The van der Waals surface area contributed by atoms with Gasteiger partial charge < -0.3 is 15.1 Å². The lowest BCUT2D eigenvalue weighted by atomic mass is 9.88. The Balaban J connectivity index is 1.45. The highest BCUT2D eigenvalue weighted by atomic mass is 16.3. The summed E-state index contributed by atoms with van der Waals surface area (Å²) in [4.78, 5) is 14.1. The van der Waals surface area contributed by atoms with Crippen molar-refractivity contribution in [2.45, 2.75) is 77.9 Å². The van der Waals surface area contributed by atoms with Crippen molar-refractivity contribution in [2.24, 2.45) is 17.8 Å². The van der Waals surface area contributed by atoms with E-state index >= 15 is 0 Å². The van der Waals surface area contributed by atoms with Gasteiger partial charge in [-0.1, -0.05) is 53.6 Å². The molecule has 0 heterocycles. The summed E-state index contributed by atoms with van der Waals surface area (Å²) in [7, 11) is 0. The molecule has 0 aliphatic heterocycles. The molecular weight excluding hydrogens is 398 g/mol. The Morgan fingerprint density at radius 2 is 2.03 bits per heavy atom. The van der Waals surface area contributed by atoms with Crippen molar-refractivity contribution in [3.63, 3.8) is 0 Å². The first-order valence-corrected chi connectivity index (χ1v) is 12.5. The molecule has 1 saturated carbocycles. The SMILES string of the molecule is CCN(CC)C(=O)CCCCC1=C[C@H]2C[C@@H](O)[C@H](C=C[C@H](O)Cc3cccc(C)c3)[C@H]2C1. The van der Waals surface area contributed by atoms with Gasteiger partial charge in [0.15, 0.2) is 0 Å². The monoisotopic (exact) mass is 439 g/mol. The number of unbranched alkanes of at least 4 members (excludes halogenated alkanes) is 1. The van der Waals surface area contributed by atoms with Crippen LogP contribution in [0.15, 0.2) is 48.1 Å². The molecule has 0 saturated heterocycles. The third-order valence-electron chi connectivity index (χ3n) is 7.29. The van der Waals surface area contributed by atoms with E-state index in [1.807, 2.05) is 37.0 Å². The van der Waals surface area contributed by atoms with Crippen LogP contribution < -0.4 is 0 Å². The first-order chi connectivity index (χ1) is 15.4. The Morgan fingerprint density at radius 1 is 1.25 bits per heavy atom. The van der Waals surface area contributed by atoms with E-state index in [4.69, 9.17) is 0 Å². The van der Waals surface area contributed by atoms with Crippen molar-refractivity contribution in [1.29, 1.82) is 0 Å². The Morgan fingerprint density at radius 3 is 2.75 bits per heavy atom. The maximum Gasteiger partial charge on any atom is 0.222 e. The van der Waals surface area contributed by atoms with Crippen LogP contribution in [-0.4, -0.2) is 46.3 Å². The summed E-state index contributed by atoms with van der Waals surface area (Å²) < 4.78 is 0. The fourth-order valence-electron chi connectivity index (χ4n) is 5.56. The summed E-state index contributed by atoms with van der Waals surface area (Å²) in [6.07, 6.45) is 11.6. The number of fused-ring (bicyclic) bond motifs is 1. The lowest BCUT2D eigenvalue weighted by Gasteiger charge is -2.19. The van der Waals surface area contributed by atoms with Crippen LogP contribution in [0.2, 0.25) is 0 Å². The number of benzene rings is 1.